The Bertz CT molecular complexity index is 1910. The number of amides is 1. The number of nitrogens with zero attached hydrogens (tertiary/aromatic N) is 1. The van der Waals surface area contributed by atoms with Crippen LogP contribution in [-0.4, -0.2) is 59.5 Å². The smallest absolute Gasteiger partial charge is 0.255 e. The molecule has 6 rings (SSSR count). The molecule has 0 aromatic heterocycles. The van der Waals surface area contributed by atoms with Gasteiger partial charge in [-0.3, -0.25) is 4.79 Å². The molecule has 0 aliphatic carbocycles. The molecule has 13 heteroatoms. The van der Waals surface area contributed by atoms with E-state index in [9.17, 15) is 25.2 Å². The third-order valence-electron chi connectivity index (χ3n) is 9.17. The second-order valence-electron chi connectivity index (χ2n) is 12.5. The molecule has 0 spiro atoms. The Morgan fingerprint density at radius 1 is 0.769 bits per heavy atom. The molecular weight excluding hydrogens is 670 g/mol. The monoisotopic (exact) mass is 713 g/mol. The molecule has 13 nitrogen and oxygen atoms in total. The van der Waals surface area contributed by atoms with E-state index in [2.05, 4.69) is 15.8 Å². The summed E-state index contributed by atoms with van der Waals surface area (Å²) < 4.78 is 23.4. The van der Waals surface area contributed by atoms with Gasteiger partial charge in [-0.05, 0) is 77.7 Å². The van der Waals surface area contributed by atoms with E-state index in [0.29, 0.717) is 81.5 Å². The summed E-state index contributed by atoms with van der Waals surface area (Å²) in [6, 6.07) is 18.2. The molecule has 2 aliphatic heterocycles. The van der Waals surface area contributed by atoms with E-state index in [0.717, 1.165) is 22.4 Å². The Kier molecular flexibility index (Phi) is 11.5. The maximum atomic E-state index is 12.7. The lowest BCUT2D eigenvalue weighted by Gasteiger charge is -2.29. The summed E-state index contributed by atoms with van der Waals surface area (Å²) in [5.74, 6) is 1.69. The van der Waals surface area contributed by atoms with E-state index in [4.69, 9.17) is 23.8 Å². The summed E-state index contributed by atoms with van der Waals surface area (Å²) in [4.78, 5) is 18.5. The highest BCUT2D eigenvalue weighted by atomic mass is 16.6. The summed E-state index contributed by atoms with van der Waals surface area (Å²) in [6.07, 6.45) is 0.0200. The second-order valence-corrected chi connectivity index (χ2v) is 12.5. The van der Waals surface area contributed by atoms with Gasteiger partial charge in [0, 0.05) is 35.2 Å². The minimum Gasteiger partial charge on any atom is -0.493 e. The van der Waals surface area contributed by atoms with Gasteiger partial charge in [-0.15, -0.1) is 0 Å². The Hall–Kier alpha value is -5.34. The number of carbonyl (C=O) groups excluding carboxylic acids is 1. The molecule has 1 amide bonds. The molecule has 2 aliphatic rings. The van der Waals surface area contributed by atoms with Crippen LogP contribution < -0.4 is 29.6 Å². The number of nitrogens with one attached hydrogen (secondary N) is 2. The number of aliphatic hydroxyl groups is 4. The summed E-state index contributed by atoms with van der Waals surface area (Å²) in [5.41, 5.74) is 7.33. The van der Waals surface area contributed by atoms with E-state index in [1.807, 2.05) is 49.4 Å². The first-order valence-corrected chi connectivity index (χ1v) is 16.9. The molecule has 0 saturated carbocycles. The van der Waals surface area contributed by atoms with Crippen LogP contribution in [0.1, 0.15) is 80.0 Å². The van der Waals surface area contributed by atoms with E-state index >= 15 is 0 Å². The van der Waals surface area contributed by atoms with Gasteiger partial charge in [0.05, 0.1) is 65.1 Å². The fourth-order valence-electron chi connectivity index (χ4n) is 6.40. The van der Waals surface area contributed by atoms with Crippen LogP contribution in [0.15, 0.2) is 65.8 Å². The molecule has 4 aromatic rings. The fourth-order valence-corrected chi connectivity index (χ4v) is 6.40. The SMILES string of the molecule is COc1cc(C2CC(c3cc(CO)c(CO)c(CO)c3)=NO2)cc(OC)c1OCCCOc1ccc(C2NC(=O)c3cc(C)ccc3N2)cc1CO. The minimum atomic E-state index is -0.453. The molecule has 2 unspecified atom stereocenters. The summed E-state index contributed by atoms with van der Waals surface area (Å²) in [7, 11) is 3.07. The van der Waals surface area contributed by atoms with Crippen molar-refractivity contribution in [2.45, 2.75) is 58.5 Å². The highest BCUT2D eigenvalue weighted by Crippen LogP contribution is 2.43. The lowest BCUT2D eigenvalue weighted by molar-refractivity contribution is 0.0852. The highest BCUT2D eigenvalue weighted by molar-refractivity contribution is 6.02. The predicted octanol–water partition coefficient (Wildman–Crippen LogP) is 4.55. The van der Waals surface area contributed by atoms with Crippen LogP contribution in [-0.2, 0) is 31.3 Å². The van der Waals surface area contributed by atoms with Crippen LogP contribution in [0.5, 0.6) is 23.0 Å². The Morgan fingerprint density at radius 3 is 2.12 bits per heavy atom. The molecule has 274 valence electrons. The number of carbonyl (C=O) groups is 1. The fraction of sp³-hybridized carbons (Fsp3) is 0.333. The van der Waals surface area contributed by atoms with Crippen molar-refractivity contribution in [2.75, 3.05) is 32.8 Å². The summed E-state index contributed by atoms with van der Waals surface area (Å²) in [5, 5.41) is 50.1. The summed E-state index contributed by atoms with van der Waals surface area (Å²) in [6.45, 7) is 1.42. The van der Waals surface area contributed by atoms with E-state index < -0.39 is 12.3 Å². The third kappa shape index (κ3) is 7.63. The number of hydrogen-bond donors (Lipinski definition) is 6. The molecule has 0 bridgehead atoms. The zero-order valence-corrected chi connectivity index (χ0v) is 29.3. The van der Waals surface area contributed by atoms with Crippen molar-refractivity contribution < 1.29 is 49.0 Å². The van der Waals surface area contributed by atoms with E-state index in [1.54, 1.807) is 18.2 Å². The molecule has 4 aromatic carbocycles. The standard InChI is InChI=1S/C39H43N3O10/c1-22-5-7-31-29(11-22)39(47)41-38(40-31)23-6-8-33(28(12-23)20-45)50-9-4-10-51-37-35(48-2)15-25(16-36(37)49-3)34-17-32(42-52-34)24-13-26(18-43)30(21-46)27(14-24)19-44/h5-8,11-16,34,38,40,43-46H,4,9-10,17-21H2,1-3H3,(H,41,47). The third-order valence-corrected chi connectivity index (χ3v) is 9.17. The van der Waals surface area contributed by atoms with Crippen LogP contribution in [0, 0.1) is 6.92 Å². The van der Waals surface area contributed by atoms with Gasteiger partial charge in [0.1, 0.15) is 11.9 Å². The number of fused-ring (bicyclic) bond motifs is 1. The van der Waals surface area contributed by atoms with Crippen molar-refractivity contribution in [1.82, 2.24) is 5.32 Å². The number of ether oxygens (including phenoxy) is 4. The maximum absolute atomic E-state index is 12.7. The van der Waals surface area contributed by atoms with Gasteiger partial charge in [0.2, 0.25) is 5.75 Å². The van der Waals surface area contributed by atoms with Gasteiger partial charge < -0.3 is 54.8 Å². The Balaban J connectivity index is 1.06. The van der Waals surface area contributed by atoms with E-state index in [-0.39, 0.29) is 38.9 Å². The van der Waals surface area contributed by atoms with Crippen molar-refractivity contribution in [3.63, 3.8) is 0 Å². The van der Waals surface area contributed by atoms with Crippen LogP contribution in [0.4, 0.5) is 5.69 Å². The zero-order valence-electron chi connectivity index (χ0n) is 29.3. The van der Waals surface area contributed by atoms with Crippen molar-refractivity contribution in [3.05, 3.63) is 111 Å². The Morgan fingerprint density at radius 2 is 1.46 bits per heavy atom. The molecular formula is C39H43N3O10. The molecule has 2 heterocycles. The predicted molar refractivity (Wildman–Crippen MR) is 192 cm³/mol. The minimum absolute atomic E-state index is 0.163. The average Bonchev–Trinajstić information content (AvgIpc) is 3.67. The lowest BCUT2D eigenvalue weighted by Crippen LogP contribution is -2.38. The average molecular weight is 714 g/mol. The molecule has 0 fully saturated rings. The number of anilines is 1. The molecule has 52 heavy (non-hydrogen) atoms. The lowest BCUT2D eigenvalue weighted by atomic mass is 9.93. The van der Waals surface area contributed by atoms with Gasteiger partial charge in [0.15, 0.2) is 17.6 Å². The second kappa shape index (κ2) is 16.3. The molecule has 2 atom stereocenters. The number of methoxy groups -OCH3 is 2. The quantitative estimate of drug-likeness (QED) is 0.0952. The number of oxime groups is 1. The number of hydrogen-bond acceptors (Lipinski definition) is 12. The van der Waals surface area contributed by atoms with Crippen molar-refractivity contribution >= 4 is 17.3 Å². The molecule has 0 saturated heterocycles. The van der Waals surface area contributed by atoms with E-state index in [1.165, 1.54) is 14.2 Å². The van der Waals surface area contributed by atoms with Crippen LogP contribution in [0.25, 0.3) is 0 Å². The summed E-state index contributed by atoms with van der Waals surface area (Å²) >= 11 is 0. The largest absolute Gasteiger partial charge is 0.493 e. The normalized spacial score (nSPS) is 16.3. The Labute approximate surface area is 301 Å². The first-order chi connectivity index (χ1) is 25.3. The highest BCUT2D eigenvalue weighted by Gasteiger charge is 2.28. The van der Waals surface area contributed by atoms with Gasteiger partial charge in [0.25, 0.3) is 5.91 Å². The van der Waals surface area contributed by atoms with Crippen LogP contribution >= 0.6 is 0 Å². The first-order valence-electron chi connectivity index (χ1n) is 16.9. The molecule has 6 N–H and O–H groups in total. The van der Waals surface area contributed by atoms with Crippen LogP contribution in [0.3, 0.4) is 0 Å². The maximum Gasteiger partial charge on any atom is 0.255 e. The number of rotatable bonds is 15. The van der Waals surface area contributed by atoms with Gasteiger partial charge in [-0.25, -0.2) is 0 Å². The van der Waals surface area contributed by atoms with Crippen LogP contribution in [0.2, 0.25) is 0 Å². The van der Waals surface area contributed by atoms with Gasteiger partial charge in [-0.2, -0.15) is 0 Å². The topological polar surface area (TPSA) is 181 Å². The van der Waals surface area contributed by atoms with Crippen molar-refractivity contribution in [2.24, 2.45) is 5.16 Å². The zero-order chi connectivity index (χ0) is 36.8. The van der Waals surface area contributed by atoms with Gasteiger partial charge >= 0.3 is 0 Å². The number of benzene rings is 4. The van der Waals surface area contributed by atoms with Gasteiger partial charge in [-0.1, -0.05) is 22.9 Å². The first kappa shape index (κ1) is 36.5. The number of aryl methyl sites for hydroxylation is 1. The number of aliphatic hydroxyl groups excluding tert-OH is 4. The molecule has 0 radical (unpaired) electrons. The van der Waals surface area contributed by atoms with Crippen molar-refractivity contribution in [1.29, 1.82) is 0 Å². The van der Waals surface area contributed by atoms with Crippen molar-refractivity contribution in [3.8, 4) is 23.0 Å².